The van der Waals surface area contributed by atoms with Crippen LogP contribution in [-0.2, 0) is 9.53 Å². The lowest BCUT2D eigenvalue weighted by Gasteiger charge is -2.34. The zero-order valence-electron chi connectivity index (χ0n) is 11.1. The number of nitrogens with zero attached hydrogens (tertiary/aromatic N) is 1. The summed E-state index contributed by atoms with van der Waals surface area (Å²) in [6.45, 7) is 2.68. The molecule has 1 unspecified atom stereocenters. The van der Waals surface area contributed by atoms with Crippen LogP contribution in [0.25, 0.3) is 0 Å². The maximum atomic E-state index is 11.9. The Hall–Kier alpha value is -0.820. The van der Waals surface area contributed by atoms with Gasteiger partial charge in [-0.25, -0.2) is 0 Å². The topological polar surface area (TPSA) is 41.6 Å². The van der Waals surface area contributed by atoms with Gasteiger partial charge in [0.25, 0.3) is 0 Å². The van der Waals surface area contributed by atoms with Crippen molar-refractivity contribution in [2.75, 3.05) is 32.8 Å². The molecule has 1 saturated heterocycles. The van der Waals surface area contributed by atoms with E-state index in [9.17, 15) is 18.0 Å². The van der Waals surface area contributed by atoms with Gasteiger partial charge in [-0.05, 0) is 26.3 Å². The zero-order chi connectivity index (χ0) is 14.3. The van der Waals surface area contributed by atoms with Gasteiger partial charge in [0.2, 0.25) is 5.91 Å². The summed E-state index contributed by atoms with van der Waals surface area (Å²) in [5.41, 5.74) is 0. The molecule has 7 heteroatoms. The summed E-state index contributed by atoms with van der Waals surface area (Å²) in [4.78, 5) is 13.7. The first-order valence-electron chi connectivity index (χ1n) is 6.58. The fraction of sp³-hybridized carbons (Fsp3) is 0.917. The van der Waals surface area contributed by atoms with Gasteiger partial charge in [0, 0.05) is 19.1 Å². The van der Waals surface area contributed by atoms with Gasteiger partial charge in [0.05, 0.1) is 13.0 Å². The van der Waals surface area contributed by atoms with Crippen LogP contribution in [0.5, 0.6) is 0 Å². The summed E-state index contributed by atoms with van der Waals surface area (Å²) >= 11 is 0. The van der Waals surface area contributed by atoms with Gasteiger partial charge < -0.3 is 15.0 Å². The molecule has 0 radical (unpaired) electrons. The highest BCUT2D eigenvalue weighted by molar-refractivity contribution is 5.76. The smallest absolute Gasteiger partial charge is 0.372 e. The van der Waals surface area contributed by atoms with Crippen LogP contribution >= 0.6 is 0 Å². The van der Waals surface area contributed by atoms with Crippen molar-refractivity contribution in [1.29, 1.82) is 0 Å². The molecule has 0 aliphatic carbocycles. The minimum absolute atomic E-state index is 0.000417. The Bertz CT molecular complexity index is 279. The second-order valence-corrected chi connectivity index (χ2v) is 4.60. The lowest BCUT2D eigenvalue weighted by molar-refractivity contribution is -0.175. The highest BCUT2D eigenvalue weighted by Crippen LogP contribution is 2.15. The summed E-state index contributed by atoms with van der Waals surface area (Å²) in [5, 5.41) is 3.22. The summed E-state index contributed by atoms with van der Waals surface area (Å²) in [6, 6.07) is 0.147. The highest BCUT2D eigenvalue weighted by atomic mass is 19.4. The van der Waals surface area contributed by atoms with E-state index < -0.39 is 12.8 Å². The number of piperidine rings is 1. The molecular weight excluding hydrogens is 261 g/mol. The lowest BCUT2D eigenvalue weighted by atomic mass is 10.1. The molecule has 1 N–H and O–H groups in total. The first-order chi connectivity index (χ1) is 8.94. The molecule has 0 bridgehead atoms. The molecule has 112 valence electrons. The van der Waals surface area contributed by atoms with Gasteiger partial charge in [-0.15, -0.1) is 0 Å². The van der Waals surface area contributed by atoms with E-state index in [-0.39, 0.29) is 25.0 Å². The number of halogens is 3. The van der Waals surface area contributed by atoms with E-state index in [0.29, 0.717) is 6.54 Å². The van der Waals surface area contributed by atoms with Crippen molar-refractivity contribution in [3.05, 3.63) is 0 Å². The van der Waals surface area contributed by atoms with Crippen LogP contribution in [0, 0.1) is 0 Å². The number of hydrogen-bond donors (Lipinski definition) is 1. The number of alkyl halides is 3. The third kappa shape index (κ3) is 6.24. The zero-order valence-corrected chi connectivity index (χ0v) is 11.1. The molecule has 19 heavy (non-hydrogen) atoms. The molecular formula is C12H21F3N2O2. The summed E-state index contributed by atoms with van der Waals surface area (Å²) in [5.74, 6) is -0.140. The van der Waals surface area contributed by atoms with Crippen LogP contribution < -0.4 is 5.32 Å². The van der Waals surface area contributed by atoms with Crippen LogP contribution in [-0.4, -0.2) is 55.9 Å². The van der Waals surface area contributed by atoms with E-state index in [1.807, 2.05) is 6.92 Å². The molecule has 1 aliphatic heterocycles. The van der Waals surface area contributed by atoms with Crippen LogP contribution in [0.4, 0.5) is 13.2 Å². The van der Waals surface area contributed by atoms with Crippen LogP contribution in [0.1, 0.15) is 26.2 Å². The Morgan fingerprint density at radius 3 is 2.74 bits per heavy atom. The second-order valence-electron chi connectivity index (χ2n) is 4.60. The van der Waals surface area contributed by atoms with Crippen molar-refractivity contribution in [1.82, 2.24) is 10.2 Å². The summed E-state index contributed by atoms with van der Waals surface area (Å²) in [7, 11) is 0. The summed E-state index contributed by atoms with van der Waals surface area (Å²) < 4.78 is 40.1. The van der Waals surface area contributed by atoms with Crippen molar-refractivity contribution in [3.63, 3.8) is 0 Å². The predicted octanol–water partition coefficient (Wildman–Crippen LogP) is 1.56. The van der Waals surface area contributed by atoms with Crippen molar-refractivity contribution in [2.24, 2.45) is 0 Å². The number of nitrogens with one attached hydrogen (secondary N) is 1. The average Bonchev–Trinajstić information content (AvgIpc) is 2.36. The third-order valence-corrected chi connectivity index (χ3v) is 3.10. The Morgan fingerprint density at radius 2 is 2.21 bits per heavy atom. The SMILES string of the molecule is CCN(C(=O)CCOCC(F)(F)F)C1CCCNC1. The number of hydrogen-bond acceptors (Lipinski definition) is 3. The molecule has 0 saturated carbocycles. The van der Waals surface area contributed by atoms with Gasteiger partial charge >= 0.3 is 6.18 Å². The standard InChI is InChI=1S/C12H21F3N2O2/c1-2-17(10-4-3-6-16-8-10)11(18)5-7-19-9-12(13,14)15/h10,16H,2-9H2,1H3. The molecule has 4 nitrogen and oxygen atoms in total. The third-order valence-electron chi connectivity index (χ3n) is 3.10. The molecule has 0 aromatic heterocycles. The van der Waals surface area contributed by atoms with Gasteiger partial charge in [-0.3, -0.25) is 4.79 Å². The molecule has 1 fully saturated rings. The molecule has 0 aromatic carbocycles. The first-order valence-corrected chi connectivity index (χ1v) is 6.58. The normalized spacial score (nSPS) is 20.3. The van der Waals surface area contributed by atoms with E-state index in [4.69, 9.17) is 0 Å². The van der Waals surface area contributed by atoms with E-state index in [1.165, 1.54) is 0 Å². The van der Waals surface area contributed by atoms with E-state index in [1.54, 1.807) is 4.90 Å². The van der Waals surface area contributed by atoms with Gasteiger partial charge in [-0.2, -0.15) is 13.2 Å². The van der Waals surface area contributed by atoms with E-state index in [2.05, 4.69) is 10.1 Å². The van der Waals surface area contributed by atoms with Gasteiger partial charge in [0.15, 0.2) is 0 Å². The minimum atomic E-state index is -4.33. The first kappa shape index (κ1) is 16.2. The molecule has 1 atom stereocenters. The number of likely N-dealkylation sites (N-methyl/N-ethyl adjacent to an activating group) is 1. The molecule has 0 aromatic rings. The highest BCUT2D eigenvalue weighted by Gasteiger charge is 2.28. The number of rotatable bonds is 6. The lowest BCUT2D eigenvalue weighted by Crippen LogP contribution is -2.48. The summed E-state index contributed by atoms with van der Waals surface area (Å²) in [6.07, 6.45) is -2.38. The molecule has 0 spiro atoms. The maximum absolute atomic E-state index is 11.9. The van der Waals surface area contributed by atoms with Crippen LogP contribution in [0.3, 0.4) is 0 Å². The largest absolute Gasteiger partial charge is 0.411 e. The molecule has 1 aliphatic rings. The van der Waals surface area contributed by atoms with Crippen molar-refractivity contribution < 1.29 is 22.7 Å². The Balaban J connectivity index is 2.29. The monoisotopic (exact) mass is 282 g/mol. The number of amides is 1. The van der Waals surface area contributed by atoms with Gasteiger partial charge in [0.1, 0.15) is 6.61 Å². The van der Waals surface area contributed by atoms with Crippen LogP contribution in [0.2, 0.25) is 0 Å². The molecule has 1 heterocycles. The van der Waals surface area contributed by atoms with E-state index >= 15 is 0 Å². The maximum Gasteiger partial charge on any atom is 0.411 e. The van der Waals surface area contributed by atoms with Crippen molar-refractivity contribution in [2.45, 2.75) is 38.4 Å². The molecule has 1 amide bonds. The number of carbonyl (C=O) groups excluding carboxylic acids is 1. The fourth-order valence-electron chi connectivity index (χ4n) is 2.23. The molecule has 1 rings (SSSR count). The number of carbonyl (C=O) groups is 1. The van der Waals surface area contributed by atoms with Crippen LogP contribution in [0.15, 0.2) is 0 Å². The Morgan fingerprint density at radius 1 is 1.47 bits per heavy atom. The van der Waals surface area contributed by atoms with Crippen molar-refractivity contribution >= 4 is 5.91 Å². The fourth-order valence-corrected chi connectivity index (χ4v) is 2.23. The number of ether oxygens (including phenoxy) is 1. The van der Waals surface area contributed by atoms with E-state index in [0.717, 1.165) is 25.9 Å². The van der Waals surface area contributed by atoms with Gasteiger partial charge in [-0.1, -0.05) is 0 Å². The second kappa shape index (κ2) is 7.69. The van der Waals surface area contributed by atoms with Crippen molar-refractivity contribution in [3.8, 4) is 0 Å². The predicted molar refractivity (Wildman–Crippen MR) is 64.8 cm³/mol. The minimum Gasteiger partial charge on any atom is -0.372 e. The average molecular weight is 282 g/mol. The Labute approximate surface area is 111 Å². The quantitative estimate of drug-likeness (QED) is 0.752. The Kier molecular flexibility index (Phi) is 6.57.